The SMILES string of the molecule is Cc1ccc(NC(=O)c2ccc(-c3ccccc3)cc2)c([N+](=O)[O-])c1. The number of nitrogens with zero attached hydrogens (tertiary/aromatic N) is 1. The maximum Gasteiger partial charge on any atom is 0.293 e. The fraction of sp³-hybridized carbons (Fsp3) is 0.0500. The fourth-order valence-electron chi connectivity index (χ4n) is 2.54. The van der Waals surface area contributed by atoms with E-state index in [2.05, 4.69) is 5.32 Å². The molecule has 1 N–H and O–H groups in total. The molecule has 0 fully saturated rings. The summed E-state index contributed by atoms with van der Waals surface area (Å²) < 4.78 is 0. The van der Waals surface area contributed by atoms with Gasteiger partial charge in [0.1, 0.15) is 5.69 Å². The van der Waals surface area contributed by atoms with E-state index in [1.807, 2.05) is 42.5 Å². The average molecular weight is 332 g/mol. The molecule has 0 radical (unpaired) electrons. The van der Waals surface area contributed by atoms with Crippen molar-refractivity contribution < 1.29 is 9.72 Å². The van der Waals surface area contributed by atoms with E-state index in [1.165, 1.54) is 6.07 Å². The van der Waals surface area contributed by atoms with Gasteiger partial charge in [-0.05, 0) is 41.8 Å². The number of carbonyl (C=O) groups is 1. The highest BCUT2D eigenvalue weighted by molar-refractivity contribution is 6.05. The van der Waals surface area contributed by atoms with Crippen molar-refractivity contribution in [1.29, 1.82) is 0 Å². The summed E-state index contributed by atoms with van der Waals surface area (Å²) >= 11 is 0. The van der Waals surface area contributed by atoms with Crippen LogP contribution in [0.15, 0.2) is 72.8 Å². The highest BCUT2D eigenvalue weighted by Crippen LogP contribution is 2.26. The Labute approximate surface area is 145 Å². The van der Waals surface area contributed by atoms with Gasteiger partial charge in [-0.1, -0.05) is 48.5 Å². The number of anilines is 1. The minimum atomic E-state index is -0.499. The van der Waals surface area contributed by atoms with Gasteiger partial charge in [0.25, 0.3) is 11.6 Å². The third-order valence-corrected chi connectivity index (χ3v) is 3.85. The maximum absolute atomic E-state index is 12.4. The molecule has 1 amide bonds. The number of nitrogens with one attached hydrogen (secondary N) is 1. The van der Waals surface area contributed by atoms with E-state index in [4.69, 9.17) is 0 Å². The molecule has 0 aliphatic carbocycles. The molecule has 0 saturated heterocycles. The summed E-state index contributed by atoms with van der Waals surface area (Å²) in [5, 5.41) is 13.8. The van der Waals surface area contributed by atoms with E-state index in [9.17, 15) is 14.9 Å². The van der Waals surface area contributed by atoms with Gasteiger partial charge in [-0.3, -0.25) is 14.9 Å². The first kappa shape index (κ1) is 16.4. The zero-order valence-corrected chi connectivity index (χ0v) is 13.6. The minimum absolute atomic E-state index is 0.116. The molecular formula is C20H16N2O3. The Hall–Kier alpha value is -3.47. The summed E-state index contributed by atoms with van der Waals surface area (Å²) in [7, 11) is 0. The van der Waals surface area contributed by atoms with Crippen molar-refractivity contribution in [3.63, 3.8) is 0 Å². The van der Waals surface area contributed by atoms with Crippen LogP contribution in [0.3, 0.4) is 0 Å². The lowest BCUT2D eigenvalue weighted by Crippen LogP contribution is -2.13. The Kier molecular flexibility index (Phi) is 4.57. The van der Waals surface area contributed by atoms with Crippen LogP contribution in [0, 0.1) is 17.0 Å². The van der Waals surface area contributed by atoms with Crippen LogP contribution in [0.2, 0.25) is 0 Å². The van der Waals surface area contributed by atoms with Crippen LogP contribution in [-0.4, -0.2) is 10.8 Å². The van der Waals surface area contributed by atoms with Crippen molar-refractivity contribution >= 4 is 17.3 Å². The quantitative estimate of drug-likeness (QED) is 0.550. The summed E-state index contributed by atoms with van der Waals surface area (Å²) in [6.07, 6.45) is 0. The number of benzene rings is 3. The second-order valence-corrected chi connectivity index (χ2v) is 5.68. The molecule has 0 spiro atoms. The highest BCUT2D eigenvalue weighted by Gasteiger charge is 2.16. The predicted octanol–water partition coefficient (Wildman–Crippen LogP) is 4.82. The molecule has 3 aromatic rings. The Bertz CT molecular complexity index is 919. The zero-order valence-electron chi connectivity index (χ0n) is 13.6. The number of hydrogen-bond acceptors (Lipinski definition) is 3. The van der Waals surface area contributed by atoms with E-state index in [0.717, 1.165) is 16.7 Å². The molecule has 3 aromatic carbocycles. The topological polar surface area (TPSA) is 72.2 Å². The number of nitro benzene ring substituents is 1. The summed E-state index contributed by atoms with van der Waals surface area (Å²) in [6.45, 7) is 1.76. The van der Waals surface area contributed by atoms with E-state index in [1.54, 1.807) is 31.2 Å². The standard InChI is InChI=1S/C20H16N2O3/c1-14-7-12-18(19(13-14)22(24)25)21-20(23)17-10-8-16(9-11-17)15-5-3-2-4-6-15/h2-13H,1H3,(H,21,23). The number of carbonyl (C=O) groups excluding carboxylic acids is 1. The molecule has 5 heteroatoms. The first-order chi connectivity index (χ1) is 12.0. The van der Waals surface area contributed by atoms with Crippen LogP contribution in [0.1, 0.15) is 15.9 Å². The number of nitro groups is 1. The van der Waals surface area contributed by atoms with Crippen LogP contribution in [0.4, 0.5) is 11.4 Å². The Morgan fingerprint density at radius 3 is 2.20 bits per heavy atom. The third kappa shape index (κ3) is 3.72. The lowest BCUT2D eigenvalue weighted by atomic mass is 10.0. The second kappa shape index (κ2) is 6.97. The molecule has 0 unspecified atom stereocenters. The van der Waals surface area contributed by atoms with Gasteiger partial charge in [-0.25, -0.2) is 0 Å². The fourth-order valence-corrected chi connectivity index (χ4v) is 2.54. The second-order valence-electron chi connectivity index (χ2n) is 5.68. The lowest BCUT2D eigenvalue weighted by Gasteiger charge is -2.08. The van der Waals surface area contributed by atoms with Gasteiger partial charge < -0.3 is 5.32 Å². The maximum atomic E-state index is 12.4. The van der Waals surface area contributed by atoms with Crippen LogP contribution in [0.5, 0.6) is 0 Å². The molecule has 5 nitrogen and oxygen atoms in total. The van der Waals surface area contributed by atoms with Gasteiger partial charge in [-0.2, -0.15) is 0 Å². The van der Waals surface area contributed by atoms with Crippen LogP contribution in [-0.2, 0) is 0 Å². The molecule has 0 aromatic heterocycles. The van der Waals surface area contributed by atoms with Gasteiger partial charge in [-0.15, -0.1) is 0 Å². The zero-order chi connectivity index (χ0) is 17.8. The summed E-state index contributed by atoms with van der Waals surface area (Å²) in [4.78, 5) is 23.0. The number of rotatable bonds is 4. The van der Waals surface area contributed by atoms with Crippen molar-refractivity contribution in [1.82, 2.24) is 0 Å². The van der Waals surface area contributed by atoms with E-state index >= 15 is 0 Å². The van der Waals surface area contributed by atoms with Crippen molar-refractivity contribution in [3.8, 4) is 11.1 Å². The molecule has 3 rings (SSSR count). The molecule has 0 aliphatic rings. The van der Waals surface area contributed by atoms with Gasteiger partial charge in [0.2, 0.25) is 0 Å². The summed E-state index contributed by atoms with van der Waals surface area (Å²) in [6, 6.07) is 21.7. The average Bonchev–Trinajstić information content (AvgIpc) is 2.64. The largest absolute Gasteiger partial charge is 0.316 e. The molecule has 0 heterocycles. The van der Waals surface area contributed by atoms with Crippen LogP contribution in [0.25, 0.3) is 11.1 Å². The third-order valence-electron chi connectivity index (χ3n) is 3.85. The first-order valence-electron chi connectivity index (χ1n) is 7.76. The van der Waals surface area contributed by atoms with Crippen molar-refractivity contribution in [2.45, 2.75) is 6.92 Å². The molecule has 0 saturated carbocycles. The minimum Gasteiger partial charge on any atom is -0.316 e. The van der Waals surface area contributed by atoms with Crippen LogP contribution < -0.4 is 5.32 Å². The monoisotopic (exact) mass is 332 g/mol. The predicted molar refractivity (Wildman–Crippen MR) is 97.7 cm³/mol. The number of hydrogen-bond donors (Lipinski definition) is 1. The van der Waals surface area contributed by atoms with Crippen molar-refractivity contribution in [2.75, 3.05) is 5.32 Å². The van der Waals surface area contributed by atoms with E-state index in [-0.39, 0.29) is 17.3 Å². The molecule has 0 atom stereocenters. The Balaban J connectivity index is 1.82. The summed E-state index contributed by atoms with van der Waals surface area (Å²) in [5.74, 6) is -0.383. The molecule has 25 heavy (non-hydrogen) atoms. The van der Waals surface area contributed by atoms with Crippen LogP contribution >= 0.6 is 0 Å². The van der Waals surface area contributed by atoms with Gasteiger partial charge in [0.05, 0.1) is 4.92 Å². The smallest absolute Gasteiger partial charge is 0.293 e. The Morgan fingerprint density at radius 1 is 0.920 bits per heavy atom. The number of amides is 1. The number of aryl methyl sites for hydroxylation is 1. The molecule has 0 bridgehead atoms. The van der Waals surface area contributed by atoms with Crippen molar-refractivity contribution in [2.24, 2.45) is 0 Å². The lowest BCUT2D eigenvalue weighted by molar-refractivity contribution is -0.384. The first-order valence-corrected chi connectivity index (χ1v) is 7.76. The van der Waals surface area contributed by atoms with E-state index in [0.29, 0.717) is 5.56 Å². The van der Waals surface area contributed by atoms with E-state index < -0.39 is 4.92 Å². The van der Waals surface area contributed by atoms with Crippen molar-refractivity contribution in [3.05, 3.63) is 94.0 Å². The van der Waals surface area contributed by atoms with Gasteiger partial charge in [0.15, 0.2) is 0 Å². The summed E-state index contributed by atoms with van der Waals surface area (Å²) in [5.41, 5.74) is 3.33. The molecule has 124 valence electrons. The molecular weight excluding hydrogens is 316 g/mol. The molecule has 0 aliphatic heterocycles. The highest BCUT2D eigenvalue weighted by atomic mass is 16.6. The Morgan fingerprint density at radius 2 is 1.56 bits per heavy atom. The van der Waals surface area contributed by atoms with Gasteiger partial charge >= 0.3 is 0 Å². The normalized spacial score (nSPS) is 10.3. The van der Waals surface area contributed by atoms with Gasteiger partial charge in [0, 0.05) is 11.6 Å².